The van der Waals surface area contributed by atoms with Crippen molar-refractivity contribution in [3.63, 3.8) is 0 Å². The molecule has 1 aromatic heterocycles. The molecule has 5 nitrogen and oxygen atoms in total. The summed E-state index contributed by atoms with van der Waals surface area (Å²) in [6.07, 6.45) is -4.68. The number of hydrogen-bond donors (Lipinski definition) is 1. The van der Waals surface area contributed by atoms with Crippen LogP contribution in [0, 0.1) is 0 Å². The Balaban J connectivity index is 3.04. The summed E-state index contributed by atoms with van der Waals surface area (Å²) in [6.45, 7) is 0. The lowest BCUT2D eigenvalue weighted by Crippen LogP contribution is -2.16. The second-order valence-corrected chi connectivity index (χ2v) is 7.48. The largest absolute Gasteiger partial charge is 0.433 e. The van der Waals surface area contributed by atoms with Gasteiger partial charge >= 0.3 is 6.18 Å². The summed E-state index contributed by atoms with van der Waals surface area (Å²) in [5.74, 6) is -1.59. The minimum atomic E-state index is -4.68. The summed E-state index contributed by atoms with van der Waals surface area (Å²) in [6, 6.07) is 1.53. The molecule has 0 atom stereocenters. The number of carbonyl (C=O) groups excluding carboxylic acids is 1. The van der Waals surface area contributed by atoms with Gasteiger partial charge in [-0.25, -0.2) is 13.4 Å². The van der Waals surface area contributed by atoms with Crippen molar-refractivity contribution in [2.24, 2.45) is 5.73 Å². The highest BCUT2D eigenvalue weighted by atomic mass is 35.7. The monoisotopic (exact) mass is 348 g/mol. The average Bonchev–Trinajstić information content (AvgIpc) is 2.25. The quantitative estimate of drug-likeness (QED) is 0.648. The van der Waals surface area contributed by atoms with Gasteiger partial charge in [-0.05, 0) is 12.1 Å². The number of halogens is 4. The lowest BCUT2D eigenvalue weighted by molar-refractivity contribution is -0.141. The van der Waals surface area contributed by atoms with Gasteiger partial charge in [0.05, 0.1) is 11.3 Å². The number of pyridine rings is 1. The molecule has 1 aromatic rings. The first-order chi connectivity index (χ1) is 9.00. The molecule has 0 unspecified atom stereocenters. The minimum Gasteiger partial charge on any atom is -0.366 e. The van der Waals surface area contributed by atoms with Crippen LogP contribution in [0.4, 0.5) is 13.2 Å². The highest BCUT2D eigenvalue weighted by molar-refractivity contribution is 8.14. The first kappa shape index (κ1) is 17.1. The molecule has 20 heavy (non-hydrogen) atoms. The zero-order chi connectivity index (χ0) is 15.6. The Bertz CT molecular complexity index is 619. The van der Waals surface area contributed by atoms with E-state index in [1.165, 1.54) is 0 Å². The summed E-state index contributed by atoms with van der Waals surface area (Å²) < 4.78 is 59.0. The second kappa shape index (κ2) is 6.19. The lowest BCUT2D eigenvalue weighted by atomic mass is 10.2. The maximum Gasteiger partial charge on any atom is 0.433 e. The van der Waals surface area contributed by atoms with Gasteiger partial charge in [0.15, 0.2) is 0 Å². The fourth-order valence-corrected chi connectivity index (χ4v) is 3.51. The van der Waals surface area contributed by atoms with Crippen molar-refractivity contribution in [2.75, 3.05) is 11.5 Å². The zero-order valence-corrected chi connectivity index (χ0v) is 12.0. The fourth-order valence-electron chi connectivity index (χ4n) is 1.13. The Labute approximate surface area is 121 Å². The van der Waals surface area contributed by atoms with E-state index in [9.17, 15) is 26.4 Å². The summed E-state index contributed by atoms with van der Waals surface area (Å²) in [5, 5.41) is -0.285. The Morgan fingerprint density at radius 1 is 1.40 bits per heavy atom. The summed E-state index contributed by atoms with van der Waals surface area (Å²) >= 11 is 0.657. The van der Waals surface area contributed by atoms with E-state index in [4.69, 9.17) is 16.4 Å². The molecule has 0 spiro atoms. The van der Waals surface area contributed by atoms with Gasteiger partial charge < -0.3 is 5.73 Å². The summed E-state index contributed by atoms with van der Waals surface area (Å²) in [7, 11) is 1.19. The van der Waals surface area contributed by atoms with E-state index in [1.807, 2.05) is 0 Å². The molecule has 0 saturated carbocycles. The van der Waals surface area contributed by atoms with Gasteiger partial charge in [-0.15, -0.1) is 11.8 Å². The van der Waals surface area contributed by atoms with Crippen LogP contribution in [-0.4, -0.2) is 30.8 Å². The van der Waals surface area contributed by atoms with Crippen LogP contribution >= 0.6 is 22.4 Å². The number of hydrogen-bond acceptors (Lipinski definition) is 5. The lowest BCUT2D eigenvalue weighted by Gasteiger charge is -2.10. The van der Waals surface area contributed by atoms with Gasteiger partial charge in [0.2, 0.25) is 9.05 Å². The minimum absolute atomic E-state index is 0.152. The van der Waals surface area contributed by atoms with Crippen LogP contribution in [0.2, 0.25) is 0 Å². The standard InChI is InChI=1S/C9H8ClF3N2O3S2/c10-20(17,18)4-3-19-8-5(7(14)16)1-2-6(15-8)9(11,12)13/h1-2H,3-4H2,(H2,14,16). The first-order valence-corrected chi connectivity index (χ1v) is 8.40. The number of primary amides is 1. The number of alkyl halides is 3. The second-order valence-electron chi connectivity index (χ2n) is 3.50. The third kappa shape index (κ3) is 5.17. The maximum absolute atomic E-state index is 12.5. The maximum atomic E-state index is 12.5. The van der Waals surface area contributed by atoms with Crippen LogP contribution in [-0.2, 0) is 15.2 Å². The molecule has 112 valence electrons. The number of thioether (sulfide) groups is 1. The zero-order valence-electron chi connectivity index (χ0n) is 9.65. The number of nitrogens with two attached hydrogens (primary N) is 1. The molecule has 0 saturated heterocycles. The van der Waals surface area contributed by atoms with Crippen molar-refractivity contribution < 1.29 is 26.4 Å². The van der Waals surface area contributed by atoms with E-state index in [0.29, 0.717) is 17.8 Å². The molecule has 1 heterocycles. The molecule has 0 bridgehead atoms. The van der Waals surface area contributed by atoms with Crippen molar-refractivity contribution >= 4 is 37.4 Å². The van der Waals surface area contributed by atoms with Gasteiger partial charge in [-0.1, -0.05) is 0 Å². The van der Waals surface area contributed by atoms with Gasteiger partial charge in [-0.2, -0.15) is 13.2 Å². The van der Waals surface area contributed by atoms with E-state index < -0.39 is 32.6 Å². The van der Waals surface area contributed by atoms with Crippen LogP contribution in [0.25, 0.3) is 0 Å². The highest BCUT2D eigenvalue weighted by Crippen LogP contribution is 2.30. The van der Waals surface area contributed by atoms with Crippen LogP contribution in [0.3, 0.4) is 0 Å². The molecule has 1 amide bonds. The van der Waals surface area contributed by atoms with Crippen molar-refractivity contribution in [3.8, 4) is 0 Å². The molecule has 0 aliphatic carbocycles. The van der Waals surface area contributed by atoms with E-state index in [2.05, 4.69) is 4.98 Å². The van der Waals surface area contributed by atoms with Gasteiger partial charge in [0, 0.05) is 16.4 Å². The average molecular weight is 349 g/mol. The Morgan fingerprint density at radius 3 is 2.45 bits per heavy atom. The Hall–Kier alpha value is -1.00. The van der Waals surface area contributed by atoms with E-state index in [0.717, 1.165) is 6.07 Å². The number of amides is 1. The fraction of sp³-hybridized carbons (Fsp3) is 0.333. The SMILES string of the molecule is NC(=O)c1ccc(C(F)(F)F)nc1SCCS(=O)(=O)Cl. The van der Waals surface area contributed by atoms with Crippen molar-refractivity contribution in [1.82, 2.24) is 4.98 Å². The molecule has 0 radical (unpaired) electrons. The van der Waals surface area contributed by atoms with E-state index in [-0.39, 0.29) is 16.3 Å². The molecular weight excluding hydrogens is 341 g/mol. The summed E-state index contributed by atoms with van der Waals surface area (Å²) in [5.41, 5.74) is 3.60. The molecule has 11 heteroatoms. The first-order valence-electron chi connectivity index (χ1n) is 4.94. The third-order valence-electron chi connectivity index (χ3n) is 1.98. The molecule has 0 aliphatic heterocycles. The molecule has 0 aromatic carbocycles. The third-order valence-corrected chi connectivity index (χ3v) is 4.39. The number of carbonyl (C=O) groups is 1. The van der Waals surface area contributed by atoms with Crippen molar-refractivity contribution in [3.05, 3.63) is 23.4 Å². The van der Waals surface area contributed by atoms with Crippen molar-refractivity contribution in [2.45, 2.75) is 11.2 Å². The predicted octanol–water partition coefficient (Wildman–Crippen LogP) is 1.86. The molecule has 1 rings (SSSR count). The topological polar surface area (TPSA) is 90.1 Å². The van der Waals surface area contributed by atoms with E-state index >= 15 is 0 Å². The molecule has 0 aliphatic rings. The van der Waals surface area contributed by atoms with Crippen LogP contribution < -0.4 is 5.73 Å². The number of rotatable bonds is 5. The molecule has 0 fully saturated rings. The molecule has 2 N–H and O–H groups in total. The summed E-state index contributed by atoms with van der Waals surface area (Å²) in [4.78, 5) is 14.4. The van der Waals surface area contributed by atoms with Crippen LogP contribution in [0.1, 0.15) is 16.1 Å². The van der Waals surface area contributed by atoms with Gasteiger partial charge in [0.1, 0.15) is 10.7 Å². The Morgan fingerprint density at radius 2 is 2.00 bits per heavy atom. The van der Waals surface area contributed by atoms with Crippen LogP contribution in [0.15, 0.2) is 17.2 Å². The smallest absolute Gasteiger partial charge is 0.366 e. The number of nitrogens with zero attached hydrogens (tertiary/aromatic N) is 1. The normalized spacial score (nSPS) is 12.4. The Kier molecular flexibility index (Phi) is 5.27. The number of aromatic nitrogens is 1. The van der Waals surface area contributed by atoms with Crippen LogP contribution in [0.5, 0.6) is 0 Å². The van der Waals surface area contributed by atoms with Gasteiger partial charge in [-0.3, -0.25) is 4.79 Å². The molecular formula is C9H8ClF3N2O3S2. The predicted molar refractivity (Wildman–Crippen MR) is 68.1 cm³/mol. The highest BCUT2D eigenvalue weighted by Gasteiger charge is 2.33. The van der Waals surface area contributed by atoms with E-state index in [1.54, 1.807) is 0 Å². The van der Waals surface area contributed by atoms with Gasteiger partial charge in [0.25, 0.3) is 5.91 Å². The van der Waals surface area contributed by atoms with Crippen molar-refractivity contribution in [1.29, 1.82) is 0 Å².